The number of aromatic nitrogens is 2. The molecule has 0 radical (unpaired) electrons. The number of likely N-dealkylation sites (tertiary alicyclic amines) is 1. The Balaban J connectivity index is 1.57. The molecule has 3 heterocycles. The summed E-state index contributed by atoms with van der Waals surface area (Å²) in [6.45, 7) is 5.06. The highest BCUT2D eigenvalue weighted by Crippen LogP contribution is 2.32. The molecule has 0 aliphatic carbocycles. The zero-order valence-corrected chi connectivity index (χ0v) is 16.3. The van der Waals surface area contributed by atoms with Crippen LogP contribution in [0.15, 0.2) is 42.6 Å². The van der Waals surface area contributed by atoms with Crippen molar-refractivity contribution in [1.82, 2.24) is 14.3 Å². The Bertz CT molecular complexity index is 934. The average molecular weight is 365 g/mol. The van der Waals surface area contributed by atoms with E-state index in [9.17, 15) is 0 Å². The molecule has 0 amide bonds. The van der Waals surface area contributed by atoms with Gasteiger partial charge in [-0.15, -0.1) is 0 Å². The first-order valence-electron chi connectivity index (χ1n) is 9.56. The number of nitrogens with zero attached hydrogens (tertiary/aromatic N) is 3. The van der Waals surface area contributed by atoms with Crippen molar-refractivity contribution in [3.05, 3.63) is 59.7 Å². The molecule has 0 saturated carbocycles. The number of methoxy groups -OCH3 is 2. The van der Waals surface area contributed by atoms with Crippen molar-refractivity contribution in [1.29, 1.82) is 0 Å². The first-order valence-corrected chi connectivity index (χ1v) is 9.56. The van der Waals surface area contributed by atoms with Crippen molar-refractivity contribution in [2.75, 3.05) is 27.3 Å². The molecule has 3 aromatic rings. The molecule has 1 unspecified atom stereocenters. The molecule has 0 spiro atoms. The number of rotatable bonds is 5. The van der Waals surface area contributed by atoms with Crippen molar-refractivity contribution >= 4 is 5.52 Å². The smallest absolute Gasteiger partial charge is 0.123 e. The van der Waals surface area contributed by atoms with Crippen LogP contribution in [0.25, 0.3) is 5.52 Å². The van der Waals surface area contributed by atoms with Gasteiger partial charge in [0, 0.05) is 30.8 Å². The largest absolute Gasteiger partial charge is 0.497 e. The van der Waals surface area contributed by atoms with Crippen molar-refractivity contribution in [2.45, 2.75) is 32.2 Å². The van der Waals surface area contributed by atoms with Gasteiger partial charge in [0.05, 0.1) is 25.4 Å². The molecule has 0 N–H and O–H groups in total. The number of fused-ring (bicyclic) bond motifs is 1. The molecular formula is C22H27N3O2. The molecule has 142 valence electrons. The van der Waals surface area contributed by atoms with Gasteiger partial charge in [0.15, 0.2) is 0 Å². The van der Waals surface area contributed by atoms with E-state index in [0.717, 1.165) is 37.0 Å². The summed E-state index contributed by atoms with van der Waals surface area (Å²) in [6.07, 6.45) is 4.47. The summed E-state index contributed by atoms with van der Waals surface area (Å²) in [5, 5.41) is 0. The number of hydrogen-bond acceptors (Lipinski definition) is 4. The fourth-order valence-electron chi connectivity index (χ4n) is 4.19. The average Bonchev–Trinajstić information content (AvgIpc) is 3.05. The first kappa shape index (κ1) is 17.9. The van der Waals surface area contributed by atoms with E-state index in [1.165, 1.54) is 29.6 Å². The Kier molecular flexibility index (Phi) is 5.03. The van der Waals surface area contributed by atoms with Crippen LogP contribution in [0.4, 0.5) is 0 Å². The van der Waals surface area contributed by atoms with Crippen molar-refractivity contribution in [3.63, 3.8) is 0 Å². The predicted octanol–water partition coefficient (Wildman–Crippen LogP) is 4.04. The van der Waals surface area contributed by atoms with E-state index in [-0.39, 0.29) is 0 Å². The second-order valence-corrected chi connectivity index (χ2v) is 7.25. The van der Waals surface area contributed by atoms with Crippen LogP contribution >= 0.6 is 0 Å². The second-order valence-electron chi connectivity index (χ2n) is 7.25. The molecule has 1 fully saturated rings. The zero-order valence-electron chi connectivity index (χ0n) is 16.3. The molecule has 1 aliphatic rings. The van der Waals surface area contributed by atoms with Crippen LogP contribution in [0.3, 0.4) is 0 Å². The molecule has 1 atom stereocenters. The minimum absolute atomic E-state index is 0.460. The number of piperidine rings is 1. The fourth-order valence-corrected chi connectivity index (χ4v) is 4.19. The van der Waals surface area contributed by atoms with Gasteiger partial charge in [-0.2, -0.15) is 0 Å². The van der Waals surface area contributed by atoms with Crippen molar-refractivity contribution in [3.8, 4) is 11.5 Å². The Labute approximate surface area is 160 Å². The number of pyridine rings is 1. The summed E-state index contributed by atoms with van der Waals surface area (Å²) < 4.78 is 13.2. The van der Waals surface area contributed by atoms with Crippen molar-refractivity contribution < 1.29 is 9.47 Å². The number of hydrogen-bond donors (Lipinski definition) is 0. The second kappa shape index (κ2) is 7.61. The number of imidazole rings is 1. The van der Waals surface area contributed by atoms with E-state index >= 15 is 0 Å². The van der Waals surface area contributed by atoms with E-state index in [1.54, 1.807) is 14.2 Å². The van der Waals surface area contributed by atoms with Crippen LogP contribution in [-0.4, -0.2) is 41.6 Å². The third kappa shape index (κ3) is 3.52. The Morgan fingerprint density at radius 2 is 2.04 bits per heavy atom. The standard InChI is InChI=1S/C22H27N3O2/c1-16-23-22(20-8-4-5-12-25(16)20)17-7-6-11-24(14-17)15-18-13-19(26-2)9-10-21(18)27-3/h4-5,8-10,12-13,17H,6-7,11,14-15H2,1-3H3. The van der Waals surface area contributed by atoms with Crippen LogP contribution < -0.4 is 9.47 Å². The molecule has 1 aromatic carbocycles. The van der Waals surface area contributed by atoms with Gasteiger partial charge in [0.25, 0.3) is 0 Å². The SMILES string of the molecule is COc1ccc(OC)c(CN2CCCC(c3nc(C)n4ccccc34)C2)c1. The van der Waals surface area contributed by atoms with Crippen LogP contribution in [-0.2, 0) is 6.54 Å². The maximum atomic E-state index is 5.56. The Hall–Kier alpha value is -2.53. The lowest BCUT2D eigenvalue weighted by Gasteiger charge is -2.32. The van der Waals surface area contributed by atoms with E-state index in [0.29, 0.717) is 5.92 Å². The summed E-state index contributed by atoms with van der Waals surface area (Å²) in [7, 11) is 3.43. The van der Waals surface area contributed by atoms with Crippen molar-refractivity contribution in [2.24, 2.45) is 0 Å². The van der Waals surface area contributed by atoms with E-state index in [2.05, 4.69) is 46.7 Å². The maximum absolute atomic E-state index is 5.56. The van der Waals surface area contributed by atoms with Crippen LogP contribution in [0.5, 0.6) is 11.5 Å². The van der Waals surface area contributed by atoms with Crippen LogP contribution in [0.2, 0.25) is 0 Å². The minimum Gasteiger partial charge on any atom is -0.497 e. The quantitative estimate of drug-likeness (QED) is 0.684. The lowest BCUT2D eigenvalue weighted by atomic mass is 9.93. The topological polar surface area (TPSA) is 39.0 Å². The predicted molar refractivity (Wildman–Crippen MR) is 107 cm³/mol. The van der Waals surface area contributed by atoms with Gasteiger partial charge in [-0.3, -0.25) is 4.90 Å². The Morgan fingerprint density at radius 3 is 2.85 bits per heavy atom. The summed E-state index contributed by atoms with van der Waals surface area (Å²) in [6, 6.07) is 12.4. The summed E-state index contributed by atoms with van der Waals surface area (Å²) in [5.74, 6) is 3.31. The van der Waals surface area contributed by atoms with Gasteiger partial charge in [0.1, 0.15) is 17.3 Å². The molecule has 1 aliphatic heterocycles. The monoisotopic (exact) mass is 365 g/mol. The highest BCUT2D eigenvalue weighted by atomic mass is 16.5. The van der Waals surface area contributed by atoms with Crippen LogP contribution in [0.1, 0.15) is 35.8 Å². The normalized spacial score (nSPS) is 18.0. The fraction of sp³-hybridized carbons (Fsp3) is 0.409. The highest BCUT2D eigenvalue weighted by Gasteiger charge is 2.26. The zero-order chi connectivity index (χ0) is 18.8. The van der Waals surface area contributed by atoms with Gasteiger partial charge >= 0.3 is 0 Å². The van der Waals surface area contributed by atoms with E-state index in [1.807, 2.05) is 12.1 Å². The maximum Gasteiger partial charge on any atom is 0.123 e. The lowest BCUT2D eigenvalue weighted by Crippen LogP contribution is -2.34. The van der Waals surface area contributed by atoms with E-state index < -0.39 is 0 Å². The highest BCUT2D eigenvalue weighted by molar-refractivity contribution is 5.54. The van der Waals surface area contributed by atoms with Crippen LogP contribution in [0, 0.1) is 6.92 Å². The first-order chi connectivity index (χ1) is 13.2. The number of ether oxygens (including phenoxy) is 2. The van der Waals surface area contributed by atoms with Gasteiger partial charge < -0.3 is 13.9 Å². The van der Waals surface area contributed by atoms with Gasteiger partial charge in [-0.1, -0.05) is 6.07 Å². The van der Waals surface area contributed by atoms with Gasteiger partial charge in [0.2, 0.25) is 0 Å². The minimum atomic E-state index is 0.460. The van der Waals surface area contributed by atoms with Gasteiger partial charge in [-0.25, -0.2) is 4.98 Å². The van der Waals surface area contributed by atoms with Gasteiger partial charge in [-0.05, 0) is 56.6 Å². The third-order valence-electron chi connectivity index (χ3n) is 5.53. The number of benzene rings is 1. The molecular weight excluding hydrogens is 338 g/mol. The summed E-state index contributed by atoms with van der Waals surface area (Å²) in [4.78, 5) is 7.42. The molecule has 4 rings (SSSR count). The lowest BCUT2D eigenvalue weighted by molar-refractivity contribution is 0.197. The molecule has 27 heavy (non-hydrogen) atoms. The molecule has 5 heteroatoms. The molecule has 0 bridgehead atoms. The Morgan fingerprint density at radius 1 is 1.15 bits per heavy atom. The molecule has 5 nitrogen and oxygen atoms in total. The molecule has 2 aromatic heterocycles. The molecule has 1 saturated heterocycles. The summed E-state index contributed by atoms with van der Waals surface area (Å²) >= 11 is 0. The number of aryl methyl sites for hydroxylation is 1. The van der Waals surface area contributed by atoms with E-state index in [4.69, 9.17) is 14.5 Å². The summed E-state index contributed by atoms with van der Waals surface area (Å²) in [5.41, 5.74) is 3.64. The third-order valence-corrected chi connectivity index (χ3v) is 5.53.